The Morgan fingerprint density at radius 3 is 2.28 bits per heavy atom. The first-order chi connectivity index (χ1) is 14.9. The molecule has 1 aromatic heterocycles. The van der Waals surface area contributed by atoms with E-state index in [9.17, 15) is 35.9 Å². The van der Waals surface area contributed by atoms with Crippen molar-refractivity contribution >= 4 is 17.7 Å². The highest BCUT2D eigenvalue weighted by Crippen LogP contribution is 2.34. The summed E-state index contributed by atoms with van der Waals surface area (Å²) >= 11 is 0. The van der Waals surface area contributed by atoms with Crippen molar-refractivity contribution in [1.82, 2.24) is 10.3 Å². The fraction of sp³-hybridized carbons (Fsp3) is 0.350. The largest absolute Gasteiger partial charge is 0.422 e. The SMILES string of the molecule is O=C(Cc1ccc(C(F)(F)F)cc1)Nc1ncc(C(F)(F)F)cc1OC(=O)[C@@H]1CCNC1. The Hall–Kier alpha value is -3.15. The van der Waals surface area contributed by atoms with Crippen molar-refractivity contribution in [3.05, 3.63) is 53.2 Å². The van der Waals surface area contributed by atoms with Crippen molar-refractivity contribution in [1.29, 1.82) is 0 Å². The number of ether oxygens (including phenoxy) is 1. The van der Waals surface area contributed by atoms with Crippen LogP contribution in [-0.2, 0) is 28.4 Å². The number of rotatable bonds is 5. The van der Waals surface area contributed by atoms with Gasteiger partial charge in [-0.3, -0.25) is 9.59 Å². The zero-order chi connectivity index (χ0) is 23.5. The lowest BCUT2D eigenvalue weighted by Crippen LogP contribution is -2.24. The van der Waals surface area contributed by atoms with E-state index in [4.69, 9.17) is 4.74 Å². The van der Waals surface area contributed by atoms with Crippen molar-refractivity contribution in [2.75, 3.05) is 18.4 Å². The molecule has 0 bridgehead atoms. The fourth-order valence-corrected chi connectivity index (χ4v) is 2.99. The molecule has 172 valence electrons. The first kappa shape index (κ1) is 23.5. The van der Waals surface area contributed by atoms with E-state index in [0.29, 0.717) is 31.8 Å². The second-order valence-corrected chi connectivity index (χ2v) is 7.10. The second-order valence-electron chi connectivity index (χ2n) is 7.10. The molecule has 0 radical (unpaired) electrons. The number of amides is 1. The summed E-state index contributed by atoms with van der Waals surface area (Å²) in [6.45, 7) is 0.859. The Balaban J connectivity index is 1.76. The van der Waals surface area contributed by atoms with E-state index in [1.807, 2.05) is 0 Å². The maximum absolute atomic E-state index is 13.0. The van der Waals surface area contributed by atoms with E-state index in [2.05, 4.69) is 15.6 Å². The molecule has 0 aliphatic carbocycles. The smallest absolute Gasteiger partial charge is 0.418 e. The molecule has 0 unspecified atom stereocenters. The van der Waals surface area contributed by atoms with Gasteiger partial charge in [-0.15, -0.1) is 0 Å². The highest BCUT2D eigenvalue weighted by atomic mass is 19.4. The monoisotopic (exact) mass is 461 g/mol. The average molecular weight is 461 g/mol. The van der Waals surface area contributed by atoms with Crippen LogP contribution in [0.3, 0.4) is 0 Å². The van der Waals surface area contributed by atoms with Crippen LogP contribution in [0.4, 0.5) is 32.2 Å². The van der Waals surface area contributed by atoms with Gasteiger partial charge in [-0.25, -0.2) is 4.98 Å². The summed E-state index contributed by atoms with van der Waals surface area (Å²) in [6.07, 6.45) is -8.74. The summed E-state index contributed by atoms with van der Waals surface area (Å²) in [5.74, 6) is -3.07. The van der Waals surface area contributed by atoms with Crippen LogP contribution in [0, 0.1) is 5.92 Å². The Morgan fingerprint density at radius 2 is 1.72 bits per heavy atom. The van der Waals surface area contributed by atoms with Gasteiger partial charge >= 0.3 is 18.3 Å². The van der Waals surface area contributed by atoms with Crippen molar-refractivity contribution in [3.63, 3.8) is 0 Å². The molecule has 32 heavy (non-hydrogen) atoms. The number of halogens is 6. The molecule has 1 amide bonds. The summed E-state index contributed by atoms with van der Waals surface area (Å²) in [4.78, 5) is 28.1. The Labute approximate surface area is 178 Å². The predicted octanol–water partition coefficient (Wildman–Crippen LogP) is 3.82. The number of nitrogens with one attached hydrogen (secondary N) is 2. The van der Waals surface area contributed by atoms with Crippen molar-refractivity contribution in [3.8, 4) is 5.75 Å². The molecule has 2 aromatic rings. The number of carbonyl (C=O) groups is 2. The molecule has 1 fully saturated rings. The molecule has 1 aliphatic rings. The fourth-order valence-electron chi connectivity index (χ4n) is 2.99. The van der Waals surface area contributed by atoms with Gasteiger partial charge in [0.1, 0.15) is 0 Å². The van der Waals surface area contributed by atoms with Gasteiger partial charge in [0.05, 0.1) is 23.5 Å². The molecule has 1 aliphatic heterocycles. The topological polar surface area (TPSA) is 80.3 Å². The van der Waals surface area contributed by atoms with E-state index >= 15 is 0 Å². The van der Waals surface area contributed by atoms with Crippen molar-refractivity contribution in [2.45, 2.75) is 25.2 Å². The number of alkyl halides is 6. The molecule has 0 spiro atoms. The number of carbonyl (C=O) groups excluding carboxylic acids is 2. The number of hydrogen-bond acceptors (Lipinski definition) is 5. The minimum Gasteiger partial charge on any atom is -0.422 e. The van der Waals surface area contributed by atoms with Gasteiger partial charge in [0.25, 0.3) is 0 Å². The van der Waals surface area contributed by atoms with Crippen LogP contribution in [-0.4, -0.2) is 29.9 Å². The number of nitrogens with zero attached hydrogens (tertiary/aromatic N) is 1. The van der Waals surface area contributed by atoms with Crippen LogP contribution in [0.25, 0.3) is 0 Å². The summed E-state index contributed by atoms with van der Waals surface area (Å²) in [7, 11) is 0. The van der Waals surface area contributed by atoms with Crippen LogP contribution in [0.5, 0.6) is 5.75 Å². The second kappa shape index (κ2) is 9.15. The van der Waals surface area contributed by atoms with Crippen LogP contribution < -0.4 is 15.4 Å². The standard InChI is InChI=1S/C20H17F6N3O3/c21-19(22,23)13-3-1-11(2-4-13)7-16(30)29-17-15(8-14(10-28-17)20(24,25)26)32-18(31)12-5-6-27-9-12/h1-4,8,10,12,27H,5-7,9H2,(H,28,29,30)/t12-/m1/s1. The van der Waals surface area contributed by atoms with Crippen molar-refractivity contribution in [2.24, 2.45) is 5.92 Å². The Kier molecular flexibility index (Phi) is 6.72. The van der Waals surface area contributed by atoms with Gasteiger partial charge in [0.2, 0.25) is 5.91 Å². The maximum Gasteiger partial charge on any atom is 0.418 e. The maximum atomic E-state index is 13.0. The quantitative estimate of drug-likeness (QED) is 0.523. The molecule has 2 heterocycles. The number of anilines is 1. The zero-order valence-corrected chi connectivity index (χ0v) is 16.3. The van der Waals surface area contributed by atoms with Gasteiger partial charge in [-0.1, -0.05) is 12.1 Å². The number of hydrogen-bond donors (Lipinski definition) is 2. The highest BCUT2D eigenvalue weighted by Gasteiger charge is 2.33. The lowest BCUT2D eigenvalue weighted by atomic mass is 10.1. The van der Waals surface area contributed by atoms with Crippen LogP contribution in [0.15, 0.2) is 36.5 Å². The molecule has 12 heteroatoms. The van der Waals surface area contributed by atoms with Crippen LogP contribution >= 0.6 is 0 Å². The molecule has 6 nitrogen and oxygen atoms in total. The minimum atomic E-state index is -4.76. The number of benzene rings is 1. The number of aromatic nitrogens is 1. The van der Waals surface area contributed by atoms with Gasteiger partial charge < -0.3 is 15.4 Å². The third kappa shape index (κ3) is 5.96. The van der Waals surface area contributed by atoms with Crippen LogP contribution in [0.2, 0.25) is 0 Å². The van der Waals surface area contributed by atoms with Crippen LogP contribution in [0.1, 0.15) is 23.1 Å². The molecule has 2 N–H and O–H groups in total. The summed E-state index contributed by atoms with van der Waals surface area (Å²) in [5.41, 5.74) is -1.83. The van der Waals surface area contributed by atoms with E-state index in [0.717, 1.165) is 24.3 Å². The lowest BCUT2D eigenvalue weighted by molar-refractivity contribution is -0.140. The molecule has 1 saturated heterocycles. The van der Waals surface area contributed by atoms with E-state index < -0.39 is 52.8 Å². The molecule has 1 atom stereocenters. The Bertz CT molecular complexity index is 984. The third-order valence-corrected chi connectivity index (χ3v) is 4.69. The summed E-state index contributed by atoms with van der Waals surface area (Å²) < 4.78 is 82.1. The normalized spacial score (nSPS) is 16.6. The summed E-state index contributed by atoms with van der Waals surface area (Å²) in [6, 6.07) is 4.39. The van der Waals surface area contributed by atoms with Gasteiger partial charge in [0, 0.05) is 12.7 Å². The number of pyridine rings is 1. The summed E-state index contributed by atoms with van der Waals surface area (Å²) in [5, 5.41) is 5.17. The molecular formula is C20H17F6N3O3. The molecule has 0 saturated carbocycles. The highest BCUT2D eigenvalue weighted by molar-refractivity contribution is 5.93. The Morgan fingerprint density at radius 1 is 1.06 bits per heavy atom. The zero-order valence-electron chi connectivity index (χ0n) is 16.3. The third-order valence-electron chi connectivity index (χ3n) is 4.69. The van der Waals surface area contributed by atoms with E-state index in [-0.39, 0.29) is 12.0 Å². The van der Waals surface area contributed by atoms with E-state index in [1.165, 1.54) is 0 Å². The van der Waals surface area contributed by atoms with Gasteiger partial charge in [-0.05, 0) is 36.7 Å². The van der Waals surface area contributed by atoms with E-state index in [1.54, 1.807) is 0 Å². The van der Waals surface area contributed by atoms with Gasteiger partial charge in [0.15, 0.2) is 11.6 Å². The first-order valence-corrected chi connectivity index (χ1v) is 9.39. The molecular weight excluding hydrogens is 444 g/mol. The van der Waals surface area contributed by atoms with Gasteiger partial charge in [-0.2, -0.15) is 26.3 Å². The van der Waals surface area contributed by atoms with Crippen molar-refractivity contribution < 1.29 is 40.7 Å². The lowest BCUT2D eigenvalue weighted by Gasteiger charge is -2.15. The predicted molar refractivity (Wildman–Crippen MR) is 99.6 cm³/mol. The molecule has 3 rings (SSSR count). The first-order valence-electron chi connectivity index (χ1n) is 9.39. The average Bonchev–Trinajstić information content (AvgIpc) is 3.23. The molecule has 1 aromatic carbocycles. The number of esters is 1. The minimum absolute atomic E-state index is 0.234.